The van der Waals surface area contributed by atoms with E-state index >= 15 is 0 Å². The molecule has 2 heterocycles. The minimum Gasteiger partial charge on any atom is -0.318 e. The van der Waals surface area contributed by atoms with Crippen LogP contribution in [0.3, 0.4) is 0 Å². The molecule has 7 nitrogen and oxygen atoms in total. The molecule has 0 unspecified atom stereocenters. The highest BCUT2D eigenvalue weighted by Gasteiger charge is 2.31. The Morgan fingerprint density at radius 3 is 2.32 bits per heavy atom. The number of nitrogens with zero attached hydrogens (tertiary/aromatic N) is 4. The van der Waals surface area contributed by atoms with E-state index in [0.717, 1.165) is 17.1 Å². The van der Waals surface area contributed by atoms with E-state index in [2.05, 4.69) is 0 Å². The van der Waals surface area contributed by atoms with E-state index in [4.69, 9.17) is 0 Å². The summed E-state index contributed by atoms with van der Waals surface area (Å²) in [5.74, 6) is -0.368. The van der Waals surface area contributed by atoms with Crippen molar-refractivity contribution in [2.45, 2.75) is 18.7 Å². The van der Waals surface area contributed by atoms with Crippen LogP contribution in [-0.2, 0) is 10.0 Å². The van der Waals surface area contributed by atoms with E-state index in [1.807, 2.05) is 35.5 Å². The van der Waals surface area contributed by atoms with Crippen molar-refractivity contribution in [2.24, 2.45) is 0 Å². The molecular weight excluding hydrogens is 455 g/mol. The molecule has 9 heteroatoms. The minimum atomic E-state index is -3.78. The van der Waals surface area contributed by atoms with Gasteiger partial charge in [-0.25, -0.2) is 12.8 Å². The van der Waals surface area contributed by atoms with Gasteiger partial charge in [0.15, 0.2) is 5.78 Å². The van der Waals surface area contributed by atoms with Gasteiger partial charge in [-0.1, -0.05) is 12.1 Å². The SMILES string of the molecule is Cc1cc(C(=O)CN2CCN(S(=O)(=O)c3ccccc3C#N)CC2)c(C)n1-c1ccc(F)cc1. The molecule has 0 N–H and O–H groups in total. The topological polar surface area (TPSA) is 86.4 Å². The van der Waals surface area contributed by atoms with Crippen LogP contribution in [0, 0.1) is 31.0 Å². The Balaban J connectivity index is 1.44. The van der Waals surface area contributed by atoms with Gasteiger partial charge in [0.05, 0.1) is 17.0 Å². The molecule has 0 spiro atoms. The number of carbonyl (C=O) groups excluding carboxylic acids is 1. The fourth-order valence-electron chi connectivity index (χ4n) is 4.37. The number of ketones is 1. The summed E-state index contributed by atoms with van der Waals surface area (Å²) in [5, 5.41) is 9.26. The van der Waals surface area contributed by atoms with Crippen molar-refractivity contribution in [1.29, 1.82) is 5.26 Å². The van der Waals surface area contributed by atoms with E-state index in [0.29, 0.717) is 18.7 Å². The van der Waals surface area contributed by atoms with E-state index in [9.17, 15) is 22.9 Å². The van der Waals surface area contributed by atoms with Crippen LogP contribution >= 0.6 is 0 Å². The van der Waals surface area contributed by atoms with Crippen LogP contribution in [0.25, 0.3) is 5.69 Å². The van der Waals surface area contributed by atoms with E-state index in [1.165, 1.54) is 28.6 Å². The van der Waals surface area contributed by atoms with Gasteiger partial charge >= 0.3 is 0 Å². The average molecular weight is 481 g/mol. The van der Waals surface area contributed by atoms with Gasteiger partial charge in [0.1, 0.15) is 11.9 Å². The Labute approximate surface area is 198 Å². The number of hydrogen-bond donors (Lipinski definition) is 0. The number of benzene rings is 2. The Kier molecular flexibility index (Phi) is 6.66. The first-order valence-electron chi connectivity index (χ1n) is 10.9. The monoisotopic (exact) mass is 480 g/mol. The van der Waals surface area contributed by atoms with Crippen LogP contribution in [0.4, 0.5) is 4.39 Å². The zero-order valence-electron chi connectivity index (χ0n) is 19.0. The van der Waals surface area contributed by atoms with Crippen LogP contribution in [0.15, 0.2) is 59.5 Å². The summed E-state index contributed by atoms with van der Waals surface area (Å²) in [5.41, 5.74) is 3.16. The van der Waals surface area contributed by atoms with Crippen LogP contribution in [0.1, 0.15) is 27.3 Å². The highest BCUT2D eigenvalue weighted by atomic mass is 32.2. The Bertz CT molecular complexity index is 1370. The van der Waals surface area contributed by atoms with E-state index in [-0.39, 0.29) is 41.7 Å². The summed E-state index contributed by atoms with van der Waals surface area (Å²) < 4.78 is 42.6. The smallest absolute Gasteiger partial charge is 0.244 e. The van der Waals surface area contributed by atoms with Gasteiger partial charge in [0, 0.05) is 48.8 Å². The van der Waals surface area contributed by atoms with E-state index < -0.39 is 10.0 Å². The molecule has 0 bridgehead atoms. The first-order valence-corrected chi connectivity index (χ1v) is 12.4. The second kappa shape index (κ2) is 9.50. The van der Waals surface area contributed by atoms with Crippen molar-refractivity contribution in [1.82, 2.24) is 13.8 Å². The highest BCUT2D eigenvalue weighted by Crippen LogP contribution is 2.23. The number of Topliss-reactive ketones (excluding diaryl/α,β-unsaturated/α-hetero) is 1. The minimum absolute atomic E-state index is 0.00950. The number of aryl methyl sites for hydroxylation is 1. The van der Waals surface area contributed by atoms with Crippen molar-refractivity contribution >= 4 is 15.8 Å². The van der Waals surface area contributed by atoms with Crippen LogP contribution < -0.4 is 0 Å². The van der Waals surface area contributed by atoms with Crippen molar-refractivity contribution in [3.63, 3.8) is 0 Å². The molecule has 1 fully saturated rings. The third-order valence-corrected chi connectivity index (χ3v) is 8.10. The molecule has 0 radical (unpaired) electrons. The van der Waals surface area contributed by atoms with Crippen LogP contribution in [0.5, 0.6) is 0 Å². The maximum Gasteiger partial charge on any atom is 0.244 e. The third kappa shape index (κ3) is 4.53. The van der Waals surface area contributed by atoms with Crippen molar-refractivity contribution in [3.8, 4) is 11.8 Å². The Hall–Kier alpha value is -3.32. The summed E-state index contributed by atoms with van der Waals surface area (Å²) >= 11 is 0. The molecule has 4 rings (SSSR count). The first-order chi connectivity index (χ1) is 16.2. The zero-order chi connectivity index (χ0) is 24.5. The molecule has 3 aromatic rings. The lowest BCUT2D eigenvalue weighted by Gasteiger charge is -2.33. The number of carbonyl (C=O) groups is 1. The van der Waals surface area contributed by atoms with Gasteiger partial charge in [0.2, 0.25) is 10.0 Å². The molecule has 176 valence electrons. The average Bonchev–Trinajstić information content (AvgIpc) is 3.14. The summed E-state index contributed by atoms with van der Waals surface area (Å²) in [6, 6.07) is 16.1. The predicted octanol–water partition coefficient (Wildman–Crippen LogP) is 3.29. The normalized spacial score (nSPS) is 15.2. The number of nitriles is 1. The van der Waals surface area contributed by atoms with Crippen LogP contribution in [0.2, 0.25) is 0 Å². The number of piperazine rings is 1. The number of rotatable bonds is 6. The fourth-order valence-corrected chi connectivity index (χ4v) is 5.94. The van der Waals surface area contributed by atoms with Crippen molar-refractivity contribution in [2.75, 3.05) is 32.7 Å². The zero-order valence-corrected chi connectivity index (χ0v) is 19.8. The van der Waals surface area contributed by atoms with Gasteiger partial charge < -0.3 is 4.57 Å². The molecule has 0 saturated carbocycles. The van der Waals surface area contributed by atoms with Crippen LogP contribution in [-0.4, -0.2) is 60.7 Å². The molecule has 0 aliphatic carbocycles. The van der Waals surface area contributed by atoms with Crippen molar-refractivity contribution < 1.29 is 17.6 Å². The van der Waals surface area contributed by atoms with Gasteiger partial charge in [-0.05, 0) is 56.3 Å². The molecule has 0 amide bonds. The molecule has 1 aliphatic heterocycles. The molecule has 1 aromatic heterocycles. The number of hydrogen-bond acceptors (Lipinski definition) is 5. The maximum absolute atomic E-state index is 13.3. The van der Waals surface area contributed by atoms with Gasteiger partial charge in [-0.3, -0.25) is 9.69 Å². The van der Waals surface area contributed by atoms with Gasteiger partial charge in [0.25, 0.3) is 0 Å². The maximum atomic E-state index is 13.3. The lowest BCUT2D eigenvalue weighted by Crippen LogP contribution is -2.49. The second-order valence-corrected chi connectivity index (χ2v) is 10.2. The van der Waals surface area contributed by atoms with Gasteiger partial charge in [-0.2, -0.15) is 9.57 Å². The highest BCUT2D eigenvalue weighted by molar-refractivity contribution is 7.89. The largest absolute Gasteiger partial charge is 0.318 e. The quantitative estimate of drug-likeness (QED) is 0.506. The summed E-state index contributed by atoms with van der Waals surface area (Å²) in [7, 11) is -3.78. The summed E-state index contributed by atoms with van der Waals surface area (Å²) in [4.78, 5) is 15.0. The second-order valence-electron chi connectivity index (χ2n) is 8.31. The molecule has 0 atom stereocenters. The molecule has 2 aromatic carbocycles. The van der Waals surface area contributed by atoms with Gasteiger partial charge in [-0.15, -0.1) is 0 Å². The molecule has 34 heavy (non-hydrogen) atoms. The number of sulfonamides is 1. The lowest BCUT2D eigenvalue weighted by molar-refractivity contribution is 0.0901. The molecule has 1 saturated heterocycles. The summed E-state index contributed by atoms with van der Waals surface area (Å²) in [6.07, 6.45) is 0. The third-order valence-electron chi connectivity index (χ3n) is 6.14. The Morgan fingerprint density at radius 1 is 1.03 bits per heavy atom. The molecule has 1 aliphatic rings. The summed E-state index contributed by atoms with van der Waals surface area (Å²) in [6.45, 7) is 5.24. The first kappa shape index (κ1) is 23.8. The Morgan fingerprint density at radius 2 is 1.68 bits per heavy atom. The standard InChI is InChI=1S/C25H25FN4O3S/c1-18-15-23(19(2)30(18)22-9-7-21(26)8-10-22)24(31)17-28-11-13-29(14-12-28)34(32,33)25-6-4-3-5-20(25)16-27/h3-10,15H,11-14,17H2,1-2H3. The predicted molar refractivity (Wildman–Crippen MR) is 126 cm³/mol. The van der Waals surface area contributed by atoms with E-state index in [1.54, 1.807) is 24.3 Å². The van der Waals surface area contributed by atoms with Crippen molar-refractivity contribution in [3.05, 3.63) is 82.9 Å². The lowest BCUT2D eigenvalue weighted by atomic mass is 10.1. The number of aromatic nitrogens is 1. The number of halogens is 1. The fraction of sp³-hybridized carbons (Fsp3) is 0.280. The molecular formula is C25H25FN4O3S.